The van der Waals surface area contributed by atoms with Crippen molar-refractivity contribution in [1.82, 2.24) is 14.9 Å². The van der Waals surface area contributed by atoms with Gasteiger partial charge in [0.05, 0.1) is 36.9 Å². The molecule has 61 heavy (non-hydrogen) atoms. The molecule has 3 aliphatic rings. The van der Waals surface area contributed by atoms with Gasteiger partial charge in [0.25, 0.3) is 0 Å². The summed E-state index contributed by atoms with van der Waals surface area (Å²) in [5.74, 6) is -0.826. The third-order valence-electron chi connectivity index (χ3n) is 12.1. The summed E-state index contributed by atoms with van der Waals surface area (Å²) in [4.78, 5) is 16.3. The summed E-state index contributed by atoms with van der Waals surface area (Å²) in [7, 11) is -3.97. The molecule has 5 aromatic rings. The number of sulfonamides is 1. The Hall–Kier alpha value is -4.76. The molecule has 3 heterocycles. The second-order valence-corrected chi connectivity index (χ2v) is 18.2. The SMILES string of the molecule is Cc1ccc(S(=O)(=O)NC(Cc2ccccc2)C(=O)NCc2cccc(-c3cccc(C4OC(CN5CCC6(CC5)OCCO6)C(C)C(c5ccc(CO)cc5)O4)c3)c2)cc1. The van der Waals surface area contributed by atoms with Gasteiger partial charge in [-0.15, -0.1) is 0 Å². The van der Waals surface area contributed by atoms with Crippen LogP contribution in [0.5, 0.6) is 0 Å². The molecule has 3 N–H and O–H groups in total. The fraction of sp³-hybridized carbons (Fsp3) is 0.367. The van der Waals surface area contributed by atoms with Crippen LogP contribution in [0.1, 0.15) is 65.5 Å². The summed E-state index contributed by atoms with van der Waals surface area (Å²) in [6, 6.07) is 39.0. The maximum absolute atomic E-state index is 13.8. The monoisotopic (exact) mass is 845 g/mol. The highest BCUT2D eigenvalue weighted by Crippen LogP contribution is 2.43. The van der Waals surface area contributed by atoms with E-state index in [-0.39, 0.29) is 42.6 Å². The number of aliphatic hydroxyl groups is 1. The third kappa shape index (κ3) is 10.5. The lowest BCUT2D eigenvalue weighted by molar-refractivity contribution is -0.278. The van der Waals surface area contributed by atoms with Crippen LogP contribution in [0, 0.1) is 12.8 Å². The molecule has 3 aliphatic heterocycles. The van der Waals surface area contributed by atoms with Gasteiger partial charge in [0.1, 0.15) is 6.04 Å². The van der Waals surface area contributed by atoms with Gasteiger partial charge in [-0.05, 0) is 71.0 Å². The minimum Gasteiger partial charge on any atom is -0.392 e. The van der Waals surface area contributed by atoms with Crippen molar-refractivity contribution in [3.05, 3.63) is 161 Å². The Morgan fingerprint density at radius 3 is 2.16 bits per heavy atom. The number of nitrogens with zero attached hydrogens (tertiary/aromatic N) is 1. The van der Waals surface area contributed by atoms with Crippen LogP contribution in [0.2, 0.25) is 0 Å². The Balaban J connectivity index is 0.979. The number of benzene rings is 5. The first-order valence-electron chi connectivity index (χ1n) is 21.2. The predicted molar refractivity (Wildman–Crippen MR) is 232 cm³/mol. The zero-order valence-corrected chi connectivity index (χ0v) is 35.6. The van der Waals surface area contributed by atoms with E-state index in [1.54, 1.807) is 24.3 Å². The fourth-order valence-corrected chi connectivity index (χ4v) is 9.69. The predicted octanol–water partition coefficient (Wildman–Crippen LogP) is 6.99. The number of likely N-dealkylation sites (tertiary alicyclic amines) is 1. The summed E-state index contributed by atoms with van der Waals surface area (Å²) in [5, 5.41) is 12.7. The molecule has 5 unspecified atom stereocenters. The number of nitrogens with one attached hydrogen (secondary N) is 2. The summed E-state index contributed by atoms with van der Waals surface area (Å²) >= 11 is 0. The molecule has 0 aliphatic carbocycles. The average Bonchev–Trinajstić information content (AvgIpc) is 3.75. The molecule has 11 nitrogen and oxygen atoms in total. The summed E-state index contributed by atoms with van der Waals surface area (Å²) in [6.07, 6.45) is 0.847. The molecule has 1 amide bonds. The molecule has 3 fully saturated rings. The third-order valence-corrected chi connectivity index (χ3v) is 13.6. The number of ether oxygens (including phenoxy) is 4. The van der Waals surface area contributed by atoms with E-state index in [1.165, 1.54) is 0 Å². The van der Waals surface area contributed by atoms with E-state index in [4.69, 9.17) is 18.9 Å². The Labute approximate surface area is 359 Å². The lowest BCUT2D eigenvalue weighted by Crippen LogP contribution is -2.50. The second-order valence-electron chi connectivity index (χ2n) is 16.5. The van der Waals surface area contributed by atoms with Crippen LogP contribution < -0.4 is 10.0 Å². The lowest BCUT2D eigenvalue weighted by atomic mass is 9.89. The first kappa shape index (κ1) is 42.9. The quantitative estimate of drug-likeness (QED) is 0.108. The number of hydrogen-bond acceptors (Lipinski definition) is 9. The number of aryl methyl sites for hydroxylation is 1. The first-order valence-corrected chi connectivity index (χ1v) is 22.7. The lowest BCUT2D eigenvalue weighted by Gasteiger charge is -2.44. The second kappa shape index (κ2) is 19.1. The number of carbonyl (C=O) groups excluding carboxylic acids is 1. The van der Waals surface area contributed by atoms with Gasteiger partial charge in [-0.25, -0.2) is 8.42 Å². The van der Waals surface area contributed by atoms with Gasteiger partial charge in [0.2, 0.25) is 15.9 Å². The van der Waals surface area contributed by atoms with Crippen molar-refractivity contribution in [2.24, 2.45) is 5.92 Å². The number of amides is 1. The van der Waals surface area contributed by atoms with E-state index in [2.05, 4.69) is 27.9 Å². The van der Waals surface area contributed by atoms with Crippen molar-refractivity contribution in [3.63, 3.8) is 0 Å². The molecule has 8 rings (SSSR count). The number of aliphatic hydroxyl groups excluding tert-OH is 1. The molecule has 320 valence electrons. The molecule has 1 spiro atoms. The van der Waals surface area contributed by atoms with E-state index < -0.39 is 34.0 Å². The number of carbonyl (C=O) groups is 1. The van der Waals surface area contributed by atoms with Crippen LogP contribution in [0.3, 0.4) is 0 Å². The van der Waals surface area contributed by atoms with Crippen molar-refractivity contribution in [2.45, 2.75) is 81.5 Å². The highest BCUT2D eigenvalue weighted by atomic mass is 32.2. The highest BCUT2D eigenvalue weighted by molar-refractivity contribution is 7.89. The van der Waals surface area contributed by atoms with Crippen LogP contribution in [0.4, 0.5) is 0 Å². The largest absolute Gasteiger partial charge is 0.392 e. The van der Waals surface area contributed by atoms with E-state index in [0.717, 1.165) is 77.0 Å². The summed E-state index contributed by atoms with van der Waals surface area (Å²) in [5.41, 5.74) is 7.31. The molecular weight excluding hydrogens is 791 g/mol. The van der Waals surface area contributed by atoms with Crippen LogP contribution in [0.15, 0.2) is 132 Å². The minimum absolute atomic E-state index is 0.0230. The van der Waals surface area contributed by atoms with Gasteiger partial charge >= 0.3 is 0 Å². The molecular formula is C49H55N3O8S. The Kier molecular flexibility index (Phi) is 13.4. The number of hydrogen-bond donors (Lipinski definition) is 3. The minimum atomic E-state index is -3.97. The fourth-order valence-electron chi connectivity index (χ4n) is 8.49. The Morgan fingerprint density at radius 2 is 1.46 bits per heavy atom. The smallest absolute Gasteiger partial charge is 0.241 e. The summed E-state index contributed by atoms with van der Waals surface area (Å²) < 4.78 is 55.1. The maximum Gasteiger partial charge on any atom is 0.241 e. The normalized spacial score (nSPS) is 22.2. The first-order chi connectivity index (χ1) is 29.6. The average molecular weight is 846 g/mol. The molecule has 5 atom stereocenters. The summed E-state index contributed by atoms with van der Waals surface area (Å²) in [6.45, 7) is 8.01. The molecule has 12 heteroatoms. The van der Waals surface area contributed by atoms with E-state index in [9.17, 15) is 18.3 Å². The molecule has 0 radical (unpaired) electrons. The van der Waals surface area contributed by atoms with Gasteiger partial charge < -0.3 is 34.3 Å². The van der Waals surface area contributed by atoms with Crippen molar-refractivity contribution in [1.29, 1.82) is 0 Å². The van der Waals surface area contributed by atoms with Gasteiger partial charge in [0.15, 0.2) is 12.1 Å². The number of piperidine rings is 1. The van der Waals surface area contributed by atoms with Crippen molar-refractivity contribution >= 4 is 15.9 Å². The molecule has 5 aromatic carbocycles. The van der Waals surface area contributed by atoms with E-state index in [0.29, 0.717) is 13.2 Å². The standard InChI is InChI=1S/C49H55N3O8S/c1-34-14-20-43(21-15-34)61(55,56)51-44(29-36-8-4-3-5-9-36)47(54)50-31-38-10-6-11-40(28-38)41-12-7-13-42(30-41)48-59-45(32-52-24-22-49(23-25-52)57-26-27-58-49)35(2)46(60-48)39-18-16-37(33-53)17-19-39/h3-21,28,30,35,44-46,48,51,53H,22-27,29,31-33H2,1-2H3,(H,50,54). The molecule has 3 saturated heterocycles. The highest BCUT2D eigenvalue weighted by Gasteiger charge is 2.43. The Morgan fingerprint density at radius 1 is 0.787 bits per heavy atom. The van der Waals surface area contributed by atoms with Gasteiger partial charge in [-0.2, -0.15) is 4.72 Å². The van der Waals surface area contributed by atoms with Gasteiger partial charge in [0, 0.05) is 50.5 Å². The topological polar surface area (TPSA) is 136 Å². The van der Waals surface area contributed by atoms with Crippen LogP contribution >= 0.6 is 0 Å². The van der Waals surface area contributed by atoms with Crippen molar-refractivity contribution in [3.8, 4) is 11.1 Å². The molecule has 0 bridgehead atoms. The van der Waals surface area contributed by atoms with Gasteiger partial charge in [-0.3, -0.25) is 4.79 Å². The molecule has 0 saturated carbocycles. The maximum atomic E-state index is 13.8. The Bertz CT molecular complexity index is 2340. The number of rotatable bonds is 14. The zero-order valence-electron chi connectivity index (χ0n) is 34.7. The van der Waals surface area contributed by atoms with Crippen LogP contribution in [-0.2, 0) is 53.3 Å². The zero-order chi connectivity index (χ0) is 42.4. The van der Waals surface area contributed by atoms with Crippen molar-refractivity contribution < 1.29 is 37.3 Å². The molecule has 0 aromatic heterocycles. The van der Waals surface area contributed by atoms with Crippen LogP contribution in [0.25, 0.3) is 11.1 Å². The van der Waals surface area contributed by atoms with Crippen LogP contribution in [-0.4, -0.2) is 75.1 Å². The van der Waals surface area contributed by atoms with E-state index >= 15 is 0 Å². The van der Waals surface area contributed by atoms with Crippen molar-refractivity contribution in [2.75, 3.05) is 32.8 Å². The van der Waals surface area contributed by atoms with Gasteiger partial charge in [-0.1, -0.05) is 116 Å². The van der Waals surface area contributed by atoms with E-state index in [1.807, 2.05) is 104 Å².